The standard InChI is InChI=1S/C18H11.2C5H5.Co/c1-2-7-15-12-18-16(11-14(15)6-1)10-9-13-5-3-4-8-17(13)18;2*1-2-4-5-3-1;/h1-7,9-12H;2*1-3H,4H2;/q3*-1;+3. The van der Waals surface area contributed by atoms with Crippen LogP contribution >= 0.6 is 0 Å². The van der Waals surface area contributed by atoms with Gasteiger partial charge in [0.15, 0.2) is 0 Å². The van der Waals surface area contributed by atoms with Crippen molar-refractivity contribution in [1.29, 1.82) is 0 Å². The molecule has 0 saturated heterocycles. The number of fused-ring (bicyclic) bond motifs is 4. The predicted octanol–water partition coefficient (Wildman–Crippen LogP) is 7.56. The average Bonchev–Trinajstić information content (AvgIpc) is 3.51. The van der Waals surface area contributed by atoms with Gasteiger partial charge in [0.1, 0.15) is 0 Å². The van der Waals surface area contributed by atoms with Gasteiger partial charge in [0.05, 0.1) is 0 Å². The van der Waals surface area contributed by atoms with Crippen molar-refractivity contribution in [3.05, 3.63) is 121 Å². The molecule has 0 radical (unpaired) electrons. The third kappa shape index (κ3) is 5.35. The van der Waals surface area contributed by atoms with Crippen molar-refractivity contribution < 1.29 is 16.8 Å². The normalized spacial score (nSPS) is 13.1. The Hall–Kier alpha value is -2.87. The molecule has 0 saturated carbocycles. The second kappa shape index (κ2) is 10.6. The van der Waals surface area contributed by atoms with Crippen molar-refractivity contribution in [2.75, 3.05) is 0 Å². The summed E-state index contributed by atoms with van der Waals surface area (Å²) in [5.41, 5.74) is 0. The summed E-state index contributed by atoms with van der Waals surface area (Å²) in [6.45, 7) is 0. The number of benzene rings is 4. The van der Waals surface area contributed by atoms with E-state index in [0.717, 1.165) is 12.8 Å². The third-order valence-electron chi connectivity index (χ3n) is 4.69. The Morgan fingerprint density at radius 3 is 1.83 bits per heavy atom. The molecule has 0 nitrogen and oxygen atoms in total. The zero-order chi connectivity index (χ0) is 19.0. The van der Waals surface area contributed by atoms with E-state index < -0.39 is 0 Å². The number of rotatable bonds is 0. The molecule has 0 spiro atoms. The van der Waals surface area contributed by atoms with Gasteiger partial charge in [-0.05, 0) is 10.8 Å². The van der Waals surface area contributed by atoms with Crippen molar-refractivity contribution in [1.82, 2.24) is 0 Å². The molecule has 0 heterocycles. The zero-order valence-electron chi connectivity index (χ0n) is 16.1. The summed E-state index contributed by atoms with van der Waals surface area (Å²) in [5, 5.41) is 7.60. The maximum atomic E-state index is 3.36. The van der Waals surface area contributed by atoms with E-state index >= 15 is 0 Å². The quantitative estimate of drug-likeness (QED) is 0.158. The fraction of sp³-hybridized carbons (Fsp3) is 0.0714. The Labute approximate surface area is 183 Å². The van der Waals surface area contributed by atoms with Gasteiger partial charge < -0.3 is 0 Å². The molecule has 4 aromatic carbocycles. The molecule has 0 aliphatic heterocycles. The molecule has 2 aliphatic carbocycles. The Morgan fingerprint density at radius 1 is 0.621 bits per heavy atom. The van der Waals surface area contributed by atoms with Crippen LogP contribution < -0.4 is 0 Å². The van der Waals surface area contributed by atoms with Gasteiger partial charge >= 0.3 is 16.8 Å². The molecule has 29 heavy (non-hydrogen) atoms. The van der Waals surface area contributed by atoms with Gasteiger partial charge in [0.25, 0.3) is 0 Å². The molecule has 1 heteroatoms. The van der Waals surface area contributed by atoms with Crippen LogP contribution in [-0.2, 0) is 16.8 Å². The number of hydrogen-bond donors (Lipinski definition) is 0. The molecule has 0 N–H and O–H groups in total. The molecule has 2 aliphatic rings. The van der Waals surface area contributed by atoms with Crippen molar-refractivity contribution in [2.45, 2.75) is 12.8 Å². The molecule has 142 valence electrons. The number of allylic oxidation sites excluding steroid dienone is 8. The molecule has 6 rings (SSSR count). The van der Waals surface area contributed by atoms with E-state index in [2.05, 4.69) is 85.0 Å². The molecule has 0 aromatic heterocycles. The van der Waals surface area contributed by atoms with Crippen molar-refractivity contribution in [3.8, 4) is 0 Å². The summed E-state index contributed by atoms with van der Waals surface area (Å²) in [7, 11) is 0. The Kier molecular flexibility index (Phi) is 7.63. The van der Waals surface area contributed by atoms with E-state index in [1.54, 1.807) is 0 Å². The fourth-order valence-corrected chi connectivity index (χ4v) is 3.29. The van der Waals surface area contributed by atoms with E-state index in [1.165, 1.54) is 32.3 Å². The Balaban J connectivity index is 0.000000180. The summed E-state index contributed by atoms with van der Waals surface area (Å²) >= 11 is 0. The maximum Gasteiger partial charge on any atom is 3.00 e. The Bertz CT molecular complexity index is 1160. The molecule has 0 atom stereocenters. The first kappa shape index (κ1) is 20.9. The van der Waals surface area contributed by atoms with Gasteiger partial charge in [0, 0.05) is 0 Å². The van der Waals surface area contributed by atoms with Crippen LogP contribution in [0.3, 0.4) is 0 Å². The van der Waals surface area contributed by atoms with Gasteiger partial charge in [-0.15, -0.1) is 47.9 Å². The SMILES string of the molecule is [C-]1=CC=CC1.[C-]1=CC=CC1.[Co+3].[c-]1cccc2ccc3cc4ccccc4cc3c12. The summed E-state index contributed by atoms with van der Waals surface area (Å²) in [6.07, 6.45) is 20.0. The second-order valence-electron chi connectivity index (χ2n) is 6.63. The minimum atomic E-state index is 0. The van der Waals surface area contributed by atoms with Crippen LogP contribution in [0.25, 0.3) is 32.3 Å². The van der Waals surface area contributed by atoms with Crippen LogP contribution in [0, 0.1) is 18.2 Å². The molecular weight excluding hydrogens is 395 g/mol. The van der Waals surface area contributed by atoms with Crippen LogP contribution in [-0.4, -0.2) is 0 Å². The minimum Gasteiger partial charge on any atom is -0.273 e. The summed E-state index contributed by atoms with van der Waals surface area (Å²) < 4.78 is 0. The van der Waals surface area contributed by atoms with Gasteiger partial charge in [-0.1, -0.05) is 59.3 Å². The summed E-state index contributed by atoms with van der Waals surface area (Å²) in [4.78, 5) is 0. The van der Waals surface area contributed by atoms with Crippen molar-refractivity contribution >= 4 is 32.3 Å². The summed E-state index contributed by atoms with van der Waals surface area (Å²) in [5.74, 6) is 0. The van der Waals surface area contributed by atoms with Gasteiger partial charge in [-0.3, -0.25) is 12.2 Å². The van der Waals surface area contributed by atoms with Crippen LogP contribution in [0.4, 0.5) is 0 Å². The predicted molar refractivity (Wildman–Crippen MR) is 121 cm³/mol. The van der Waals surface area contributed by atoms with Gasteiger partial charge in [-0.2, -0.15) is 12.2 Å². The molecule has 0 unspecified atom stereocenters. The smallest absolute Gasteiger partial charge is 0.273 e. The zero-order valence-corrected chi connectivity index (χ0v) is 17.1. The monoisotopic (exact) mass is 416 g/mol. The topological polar surface area (TPSA) is 0 Å². The second-order valence-corrected chi connectivity index (χ2v) is 6.63. The summed E-state index contributed by atoms with van der Waals surface area (Å²) in [6, 6.07) is 26.9. The minimum absolute atomic E-state index is 0. The van der Waals surface area contributed by atoms with E-state index in [4.69, 9.17) is 0 Å². The molecule has 0 fully saturated rings. The first-order valence-electron chi connectivity index (χ1n) is 9.57. The number of hydrogen-bond acceptors (Lipinski definition) is 0. The maximum absolute atomic E-state index is 3.36. The first-order chi connectivity index (χ1) is 13.9. The van der Waals surface area contributed by atoms with Crippen LogP contribution in [0.2, 0.25) is 0 Å². The van der Waals surface area contributed by atoms with Crippen LogP contribution in [0.15, 0.2) is 103 Å². The molecule has 0 bridgehead atoms. The van der Waals surface area contributed by atoms with Crippen molar-refractivity contribution in [2.24, 2.45) is 0 Å². The molecule has 4 aromatic rings. The fourth-order valence-electron chi connectivity index (χ4n) is 3.29. The third-order valence-corrected chi connectivity index (χ3v) is 4.69. The van der Waals surface area contributed by atoms with E-state index in [0.29, 0.717) is 0 Å². The Morgan fingerprint density at radius 2 is 1.24 bits per heavy atom. The largest absolute Gasteiger partial charge is 3.00 e. The van der Waals surface area contributed by atoms with Crippen LogP contribution in [0.1, 0.15) is 12.8 Å². The van der Waals surface area contributed by atoms with E-state index in [9.17, 15) is 0 Å². The molecular formula is C28H21Co. The van der Waals surface area contributed by atoms with E-state index in [-0.39, 0.29) is 16.8 Å². The van der Waals surface area contributed by atoms with E-state index in [1.807, 2.05) is 36.4 Å². The van der Waals surface area contributed by atoms with Crippen molar-refractivity contribution in [3.63, 3.8) is 0 Å². The average molecular weight is 416 g/mol. The first-order valence-corrected chi connectivity index (χ1v) is 9.57. The van der Waals surface area contributed by atoms with Gasteiger partial charge in [0.2, 0.25) is 0 Å². The van der Waals surface area contributed by atoms with Crippen LogP contribution in [0.5, 0.6) is 0 Å². The van der Waals surface area contributed by atoms with Gasteiger partial charge in [-0.25, -0.2) is 24.3 Å². The molecule has 0 amide bonds.